The van der Waals surface area contributed by atoms with Gasteiger partial charge in [0.05, 0.1) is 12.0 Å². The summed E-state index contributed by atoms with van der Waals surface area (Å²) in [6, 6.07) is 14.7. The molecule has 4 aromatic rings. The fraction of sp³-hybridized carbons (Fsp3) is 0.143. The molecule has 0 unspecified atom stereocenters. The third-order valence-corrected chi connectivity index (χ3v) is 7.53. The SMILES string of the molecule is CN(c1ccc(OCC(=O)OCc2cc(-c3ccco3)on2)cc1)S(=O)(=O)c1cccs1. The first-order valence-corrected chi connectivity index (χ1v) is 11.7. The van der Waals surface area contributed by atoms with Crippen molar-refractivity contribution in [3.8, 4) is 17.3 Å². The predicted octanol–water partition coefficient (Wildman–Crippen LogP) is 3.94. The highest BCUT2D eigenvalue weighted by atomic mass is 32.2. The Morgan fingerprint density at radius 2 is 1.94 bits per heavy atom. The van der Waals surface area contributed by atoms with Crippen LogP contribution in [0.2, 0.25) is 0 Å². The average molecular weight is 475 g/mol. The molecule has 0 amide bonds. The highest BCUT2D eigenvalue weighted by Gasteiger charge is 2.22. The van der Waals surface area contributed by atoms with Crippen molar-refractivity contribution in [2.45, 2.75) is 10.8 Å². The number of ether oxygens (including phenoxy) is 2. The van der Waals surface area contributed by atoms with Gasteiger partial charge in [-0.2, -0.15) is 0 Å². The molecular weight excluding hydrogens is 456 g/mol. The molecule has 1 aromatic carbocycles. The van der Waals surface area contributed by atoms with E-state index < -0.39 is 16.0 Å². The van der Waals surface area contributed by atoms with E-state index in [9.17, 15) is 13.2 Å². The van der Waals surface area contributed by atoms with Crippen LogP contribution in [0.1, 0.15) is 5.69 Å². The van der Waals surface area contributed by atoms with E-state index in [1.165, 1.54) is 17.6 Å². The molecule has 0 saturated carbocycles. The fourth-order valence-electron chi connectivity index (χ4n) is 2.69. The number of rotatable bonds is 9. The Hall–Kier alpha value is -3.57. The molecular formula is C21H18N2O7S2. The van der Waals surface area contributed by atoms with Gasteiger partial charge in [0.25, 0.3) is 10.0 Å². The highest BCUT2D eigenvalue weighted by Crippen LogP contribution is 2.26. The number of anilines is 1. The lowest BCUT2D eigenvalue weighted by Crippen LogP contribution is -2.25. The summed E-state index contributed by atoms with van der Waals surface area (Å²) >= 11 is 1.15. The van der Waals surface area contributed by atoms with Crippen molar-refractivity contribution in [2.24, 2.45) is 0 Å². The molecule has 11 heteroatoms. The number of carbonyl (C=O) groups is 1. The summed E-state index contributed by atoms with van der Waals surface area (Å²) in [6.45, 7) is -0.387. The van der Waals surface area contributed by atoms with Crippen LogP contribution in [0.25, 0.3) is 11.5 Å². The number of sulfonamides is 1. The van der Waals surface area contributed by atoms with Crippen molar-refractivity contribution in [3.05, 3.63) is 71.9 Å². The molecule has 0 bridgehead atoms. The molecule has 0 spiro atoms. The lowest BCUT2D eigenvalue weighted by molar-refractivity contribution is -0.147. The first kappa shape index (κ1) is 21.7. The van der Waals surface area contributed by atoms with Crippen molar-refractivity contribution in [1.29, 1.82) is 0 Å². The second-order valence-corrected chi connectivity index (χ2v) is 9.65. The second-order valence-electron chi connectivity index (χ2n) is 6.51. The number of nitrogens with zero attached hydrogens (tertiary/aromatic N) is 2. The number of furan rings is 1. The quantitative estimate of drug-likeness (QED) is 0.335. The van der Waals surface area contributed by atoms with Crippen LogP contribution in [-0.2, 0) is 26.2 Å². The Bertz CT molecular complexity index is 1260. The largest absolute Gasteiger partial charge is 0.482 e. The van der Waals surface area contributed by atoms with E-state index in [2.05, 4.69) is 5.16 Å². The molecule has 4 rings (SSSR count). The highest BCUT2D eigenvalue weighted by molar-refractivity contribution is 7.94. The van der Waals surface area contributed by atoms with E-state index in [0.717, 1.165) is 11.3 Å². The van der Waals surface area contributed by atoms with E-state index >= 15 is 0 Å². The van der Waals surface area contributed by atoms with E-state index in [4.69, 9.17) is 18.4 Å². The lowest BCUT2D eigenvalue weighted by Gasteiger charge is -2.18. The van der Waals surface area contributed by atoms with Gasteiger partial charge >= 0.3 is 5.97 Å². The molecule has 0 aliphatic carbocycles. The average Bonchev–Trinajstić information content (AvgIpc) is 3.58. The minimum atomic E-state index is -3.62. The summed E-state index contributed by atoms with van der Waals surface area (Å²) in [5, 5.41) is 5.53. The van der Waals surface area contributed by atoms with Crippen LogP contribution >= 0.6 is 11.3 Å². The Morgan fingerprint density at radius 1 is 1.12 bits per heavy atom. The van der Waals surface area contributed by atoms with Crippen LogP contribution < -0.4 is 9.04 Å². The van der Waals surface area contributed by atoms with Crippen molar-refractivity contribution >= 4 is 33.0 Å². The lowest BCUT2D eigenvalue weighted by atomic mass is 10.3. The zero-order valence-corrected chi connectivity index (χ0v) is 18.5. The zero-order valence-electron chi connectivity index (χ0n) is 16.8. The monoisotopic (exact) mass is 474 g/mol. The van der Waals surface area contributed by atoms with Gasteiger partial charge in [0.15, 0.2) is 12.4 Å². The molecule has 0 radical (unpaired) electrons. The molecule has 3 aromatic heterocycles. The molecule has 0 atom stereocenters. The number of benzene rings is 1. The normalized spacial score (nSPS) is 11.3. The molecule has 0 saturated heterocycles. The minimum Gasteiger partial charge on any atom is -0.482 e. The number of carbonyl (C=O) groups excluding carboxylic acids is 1. The first-order chi connectivity index (χ1) is 15.4. The van der Waals surface area contributed by atoms with E-state index in [1.807, 2.05) is 0 Å². The summed E-state index contributed by atoms with van der Waals surface area (Å²) in [4.78, 5) is 12.0. The molecule has 0 N–H and O–H groups in total. The summed E-state index contributed by atoms with van der Waals surface area (Å²) in [5.74, 6) is 0.766. The molecule has 0 fully saturated rings. The van der Waals surface area contributed by atoms with Crippen LogP contribution in [0.5, 0.6) is 5.75 Å². The van der Waals surface area contributed by atoms with Gasteiger partial charge in [-0.1, -0.05) is 11.2 Å². The number of hydrogen-bond donors (Lipinski definition) is 0. The molecule has 32 heavy (non-hydrogen) atoms. The summed E-state index contributed by atoms with van der Waals surface area (Å²) in [6.07, 6.45) is 1.52. The summed E-state index contributed by atoms with van der Waals surface area (Å²) in [7, 11) is -2.14. The molecule has 0 aliphatic heterocycles. The maximum atomic E-state index is 12.6. The van der Waals surface area contributed by atoms with Crippen LogP contribution in [0.15, 0.2) is 79.4 Å². The second kappa shape index (κ2) is 9.28. The van der Waals surface area contributed by atoms with E-state index in [0.29, 0.717) is 28.7 Å². The summed E-state index contributed by atoms with van der Waals surface area (Å²) in [5.41, 5.74) is 0.899. The Balaban J connectivity index is 1.27. The third-order valence-electron chi connectivity index (χ3n) is 4.37. The molecule has 0 aliphatic rings. The predicted molar refractivity (Wildman–Crippen MR) is 116 cm³/mol. The van der Waals surface area contributed by atoms with Crippen molar-refractivity contribution in [1.82, 2.24) is 5.16 Å². The van der Waals surface area contributed by atoms with Gasteiger partial charge in [0, 0.05) is 13.1 Å². The van der Waals surface area contributed by atoms with Gasteiger partial charge < -0.3 is 18.4 Å². The smallest absolute Gasteiger partial charge is 0.344 e. The van der Waals surface area contributed by atoms with Gasteiger partial charge in [-0.25, -0.2) is 13.2 Å². The topological polar surface area (TPSA) is 112 Å². The van der Waals surface area contributed by atoms with Crippen LogP contribution in [0.4, 0.5) is 5.69 Å². The van der Waals surface area contributed by atoms with Gasteiger partial charge in [0.2, 0.25) is 5.76 Å². The maximum absolute atomic E-state index is 12.6. The van der Waals surface area contributed by atoms with Gasteiger partial charge in [-0.15, -0.1) is 11.3 Å². The third kappa shape index (κ3) is 4.84. The van der Waals surface area contributed by atoms with Crippen molar-refractivity contribution in [2.75, 3.05) is 18.0 Å². The van der Waals surface area contributed by atoms with Gasteiger partial charge in [-0.05, 0) is 47.8 Å². The summed E-state index contributed by atoms with van der Waals surface area (Å²) < 4.78 is 47.5. The molecule has 3 heterocycles. The standard InChI is InChI=1S/C21H18N2O7S2/c1-23(32(25,26)21-5-3-11-31-21)16-6-8-17(9-7-16)28-14-20(24)29-13-15-12-19(30-22-15)18-4-2-10-27-18/h2-12H,13-14H2,1H3. The van der Waals surface area contributed by atoms with Crippen LogP contribution in [0.3, 0.4) is 0 Å². The van der Waals surface area contributed by atoms with Gasteiger partial charge in [-0.3, -0.25) is 4.31 Å². The van der Waals surface area contributed by atoms with Crippen LogP contribution in [0, 0.1) is 0 Å². The van der Waals surface area contributed by atoms with E-state index in [1.54, 1.807) is 60.0 Å². The Kier molecular flexibility index (Phi) is 6.28. The van der Waals surface area contributed by atoms with Crippen LogP contribution in [-0.4, -0.2) is 33.2 Å². The van der Waals surface area contributed by atoms with Gasteiger partial charge in [0.1, 0.15) is 22.3 Å². The number of thiophene rings is 1. The minimum absolute atomic E-state index is 0.0727. The number of hydrogen-bond acceptors (Lipinski definition) is 9. The Morgan fingerprint density at radius 3 is 2.62 bits per heavy atom. The molecule has 166 valence electrons. The van der Waals surface area contributed by atoms with Crippen molar-refractivity contribution < 1.29 is 31.6 Å². The van der Waals surface area contributed by atoms with Crippen molar-refractivity contribution in [3.63, 3.8) is 0 Å². The number of esters is 1. The fourth-order valence-corrected chi connectivity index (χ4v) is 5.05. The molecule has 9 nitrogen and oxygen atoms in total. The number of aromatic nitrogens is 1. The van der Waals surface area contributed by atoms with E-state index in [-0.39, 0.29) is 17.4 Å². The first-order valence-electron chi connectivity index (χ1n) is 9.34. The zero-order chi connectivity index (χ0) is 22.6. The maximum Gasteiger partial charge on any atom is 0.344 e. The Labute approximate surface area is 187 Å².